The minimum atomic E-state index is 0.00509. The molecular formula is C16H24BrNO. The number of hydrogen-bond acceptors (Lipinski definition) is 2. The number of hydrogen-bond donors (Lipinski definition) is 1. The molecule has 2 N–H and O–H groups in total. The topological polar surface area (TPSA) is 35.2 Å². The van der Waals surface area contributed by atoms with Crippen LogP contribution in [0, 0.1) is 5.92 Å². The number of benzene rings is 1. The molecule has 0 unspecified atom stereocenters. The summed E-state index contributed by atoms with van der Waals surface area (Å²) in [6, 6.07) is 8.71. The molecule has 0 spiro atoms. The van der Waals surface area contributed by atoms with Crippen molar-refractivity contribution in [1.29, 1.82) is 0 Å². The van der Waals surface area contributed by atoms with Crippen LogP contribution in [0.15, 0.2) is 28.7 Å². The van der Waals surface area contributed by atoms with Crippen LogP contribution in [0.1, 0.15) is 44.6 Å². The van der Waals surface area contributed by atoms with Gasteiger partial charge in [-0.3, -0.25) is 0 Å². The van der Waals surface area contributed by atoms with Crippen molar-refractivity contribution in [1.82, 2.24) is 0 Å². The Morgan fingerprint density at radius 1 is 1.37 bits per heavy atom. The Hall–Kier alpha value is -0.380. The molecule has 2 atom stereocenters. The molecule has 19 heavy (non-hydrogen) atoms. The minimum absolute atomic E-state index is 0.00509. The van der Waals surface area contributed by atoms with Crippen LogP contribution in [0.25, 0.3) is 0 Å². The predicted octanol–water partition coefficient (Wildman–Crippen LogP) is 4.09. The maximum absolute atomic E-state index is 5.84. The van der Waals surface area contributed by atoms with Gasteiger partial charge in [-0.05, 0) is 69.2 Å². The SMILES string of the molecule is CC1(C)C[C@H]([C@H](CCN)c2ccc(Br)cc2)CCO1. The van der Waals surface area contributed by atoms with Gasteiger partial charge in [0.1, 0.15) is 0 Å². The summed E-state index contributed by atoms with van der Waals surface area (Å²) in [6.45, 7) is 6.01. The highest BCUT2D eigenvalue weighted by atomic mass is 79.9. The van der Waals surface area contributed by atoms with Gasteiger partial charge in [0, 0.05) is 11.1 Å². The molecule has 0 amide bonds. The molecule has 3 heteroatoms. The Balaban J connectivity index is 2.17. The summed E-state index contributed by atoms with van der Waals surface area (Å²) in [6.07, 6.45) is 3.32. The molecule has 1 fully saturated rings. The van der Waals surface area contributed by atoms with Crippen molar-refractivity contribution in [2.45, 2.75) is 44.6 Å². The highest BCUT2D eigenvalue weighted by Gasteiger charge is 2.33. The van der Waals surface area contributed by atoms with Crippen molar-refractivity contribution in [3.8, 4) is 0 Å². The van der Waals surface area contributed by atoms with Crippen LogP contribution in [-0.2, 0) is 4.74 Å². The number of rotatable bonds is 4. The molecule has 2 rings (SSSR count). The lowest BCUT2D eigenvalue weighted by Crippen LogP contribution is -2.36. The van der Waals surface area contributed by atoms with Crippen LogP contribution in [0.5, 0.6) is 0 Å². The van der Waals surface area contributed by atoms with Crippen molar-refractivity contribution >= 4 is 15.9 Å². The minimum Gasteiger partial charge on any atom is -0.376 e. The van der Waals surface area contributed by atoms with Crippen LogP contribution in [0.2, 0.25) is 0 Å². The standard InChI is InChI=1S/C16H24BrNO/c1-16(2)11-13(8-10-19-16)15(7-9-18)12-3-5-14(17)6-4-12/h3-6,13,15H,7-11,18H2,1-2H3/t13-,15-/m1/s1. The second kappa shape index (κ2) is 6.38. The van der Waals surface area contributed by atoms with Gasteiger partial charge in [0.15, 0.2) is 0 Å². The Morgan fingerprint density at radius 2 is 2.05 bits per heavy atom. The third-order valence-electron chi connectivity index (χ3n) is 4.08. The van der Waals surface area contributed by atoms with Crippen molar-refractivity contribution in [3.05, 3.63) is 34.3 Å². The highest BCUT2D eigenvalue weighted by molar-refractivity contribution is 9.10. The smallest absolute Gasteiger partial charge is 0.0629 e. The summed E-state index contributed by atoms with van der Waals surface area (Å²) in [5.74, 6) is 1.23. The van der Waals surface area contributed by atoms with Gasteiger partial charge in [0.25, 0.3) is 0 Å². The van der Waals surface area contributed by atoms with Gasteiger partial charge in [-0.25, -0.2) is 0 Å². The van der Waals surface area contributed by atoms with Gasteiger partial charge < -0.3 is 10.5 Å². The van der Waals surface area contributed by atoms with E-state index in [2.05, 4.69) is 54.0 Å². The first-order valence-corrected chi connectivity index (χ1v) is 7.90. The fourth-order valence-corrected chi connectivity index (χ4v) is 3.45. The quantitative estimate of drug-likeness (QED) is 0.904. The molecule has 1 aliphatic rings. The third-order valence-corrected chi connectivity index (χ3v) is 4.61. The van der Waals surface area contributed by atoms with E-state index < -0.39 is 0 Å². The van der Waals surface area contributed by atoms with E-state index in [9.17, 15) is 0 Å². The highest BCUT2D eigenvalue weighted by Crippen LogP contribution is 2.39. The Kier molecular flexibility index (Phi) is 5.04. The Labute approximate surface area is 124 Å². The van der Waals surface area contributed by atoms with Gasteiger partial charge in [0.05, 0.1) is 5.60 Å². The molecule has 1 aromatic rings. The van der Waals surface area contributed by atoms with Gasteiger partial charge >= 0.3 is 0 Å². The van der Waals surface area contributed by atoms with E-state index in [1.165, 1.54) is 5.56 Å². The molecule has 1 aromatic carbocycles. The molecule has 0 radical (unpaired) electrons. The summed E-state index contributed by atoms with van der Waals surface area (Å²) >= 11 is 3.50. The van der Waals surface area contributed by atoms with Gasteiger partial charge in [-0.2, -0.15) is 0 Å². The van der Waals surface area contributed by atoms with Crippen LogP contribution >= 0.6 is 15.9 Å². The zero-order chi connectivity index (χ0) is 13.9. The number of nitrogens with two attached hydrogens (primary N) is 1. The molecular weight excluding hydrogens is 302 g/mol. The monoisotopic (exact) mass is 325 g/mol. The maximum Gasteiger partial charge on any atom is 0.0629 e. The molecule has 1 heterocycles. The molecule has 2 nitrogen and oxygen atoms in total. The van der Waals surface area contributed by atoms with Gasteiger partial charge in [-0.15, -0.1) is 0 Å². The first kappa shape index (κ1) is 15.0. The van der Waals surface area contributed by atoms with E-state index >= 15 is 0 Å². The van der Waals surface area contributed by atoms with Crippen LogP contribution in [0.4, 0.5) is 0 Å². The van der Waals surface area contributed by atoms with E-state index in [0.29, 0.717) is 11.8 Å². The average Bonchev–Trinajstić information content (AvgIpc) is 2.36. The summed E-state index contributed by atoms with van der Waals surface area (Å²) in [7, 11) is 0. The largest absolute Gasteiger partial charge is 0.376 e. The molecule has 0 aliphatic carbocycles. The average molecular weight is 326 g/mol. The lowest BCUT2D eigenvalue weighted by atomic mass is 9.75. The molecule has 1 aliphatic heterocycles. The first-order valence-electron chi connectivity index (χ1n) is 7.11. The summed E-state index contributed by atoms with van der Waals surface area (Å²) < 4.78 is 6.97. The predicted molar refractivity (Wildman–Crippen MR) is 83.3 cm³/mol. The van der Waals surface area contributed by atoms with Gasteiger partial charge in [0.2, 0.25) is 0 Å². The van der Waals surface area contributed by atoms with E-state index in [1.807, 2.05) is 0 Å². The van der Waals surface area contributed by atoms with Crippen molar-refractivity contribution in [2.24, 2.45) is 11.7 Å². The summed E-state index contributed by atoms with van der Waals surface area (Å²) in [5, 5.41) is 0. The van der Waals surface area contributed by atoms with Gasteiger partial charge in [-0.1, -0.05) is 28.1 Å². The van der Waals surface area contributed by atoms with E-state index in [-0.39, 0.29) is 5.60 Å². The number of ether oxygens (including phenoxy) is 1. The van der Waals surface area contributed by atoms with E-state index in [0.717, 1.165) is 36.9 Å². The fraction of sp³-hybridized carbons (Fsp3) is 0.625. The second-order valence-corrected chi connectivity index (χ2v) is 7.01. The van der Waals surface area contributed by atoms with Crippen LogP contribution < -0.4 is 5.73 Å². The zero-order valence-corrected chi connectivity index (χ0v) is 13.4. The number of halogens is 1. The second-order valence-electron chi connectivity index (χ2n) is 6.10. The molecule has 0 bridgehead atoms. The van der Waals surface area contributed by atoms with E-state index in [4.69, 9.17) is 10.5 Å². The lowest BCUT2D eigenvalue weighted by Gasteiger charge is -2.39. The van der Waals surface area contributed by atoms with Crippen LogP contribution in [-0.4, -0.2) is 18.8 Å². The van der Waals surface area contributed by atoms with Crippen molar-refractivity contribution < 1.29 is 4.74 Å². The Bertz CT molecular complexity index is 402. The zero-order valence-electron chi connectivity index (χ0n) is 11.9. The normalized spacial score (nSPS) is 24.1. The summed E-state index contributed by atoms with van der Waals surface area (Å²) in [5.41, 5.74) is 7.25. The fourth-order valence-electron chi connectivity index (χ4n) is 3.19. The van der Waals surface area contributed by atoms with E-state index in [1.54, 1.807) is 0 Å². The summed E-state index contributed by atoms with van der Waals surface area (Å²) in [4.78, 5) is 0. The van der Waals surface area contributed by atoms with Crippen molar-refractivity contribution in [2.75, 3.05) is 13.2 Å². The molecule has 0 saturated carbocycles. The third kappa shape index (κ3) is 4.04. The Morgan fingerprint density at radius 3 is 2.63 bits per heavy atom. The molecule has 0 aromatic heterocycles. The lowest BCUT2D eigenvalue weighted by molar-refractivity contribution is -0.0771. The maximum atomic E-state index is 5.84. The molecule has 1 saturated heterocycles. The van der Waals surface area contributed by atoms with Crippen molar-refractivity contribution in [3.63, 3.8) is 0 Å². The van der Waals surface area contributed by atoms with Crippen LogP contribution in [0.3, 0.4) is 0 Å². The first-order chi connectivity index (χ1) is 9.02. The molecule has 106 valence electrons.